The Labute approximate surface area is 61.8 Å². The van der Waals surface area contributed by atoms with Gasteiger partial charge in [-0.1, -0.05) is 12.2 Å². The third-order valence-electron chi connectivity index (χ3n) is 2.55. The molecule has 2 aliphatic rings. The van der Waals surface area contributed by atoms with Crippen molar-refractivity contribution < 1.29 is 0 Å². The molecule has 1 nitrogen and oxygen atoms in total. The molecule has 0 saturated carbocycles. The SMILES string of the molecule is C=CC1NCC2CCC=C21. The van der Waals surface area contributed by atoms with Crippen LogP contribution in [0.3, 0.4) is 0 Å². The highest BCUT2D eigenvalue weighted by Crippen LogP contribution is 2.32. The number of hydrogen-bond donors (Lipinski definition) is 1. The summed E-state index contributed by atoms with van der Waals surface area (Å²) in [6, 6.07) is 0.493. The molecule has 0 aromatic rings. The Balaban J connectivity index is 2.21. The molecule has 1 N–H and O–H groups in total. The Morgan fingerprint density at radius 3 is 3.40 bits per heavy atom. The molecule has 2 unspecified atom stereocenters. The van der Waals surface area contributed by atoms with Gasteiger partial charge in [-0.2, -0.15) is 0 Å². The fourth-order valence-electron chi connectivity index (χ4n) is 1.99. The van der Waals surface area contributed by atoms with Crippen LogP contribution in [-0.2, 0) is 0 Å². The van der Waals surface area contributed by atoms with Gasteiger partial charge in [-0.15, -0.1) is 6.58 Å². The molecule has 1 heterocycles. The molecule has 10 heavy (non-hydrogen) atoms. The maximum absolute atomic E-state index is 3.80. The largest absolute Gasteiger partial charge is 0.306 e. The summed E-state index contributed by atoms with van der Waals surface area (Å²) in [5.74, 6) is 0.836. The monoisotopic (exact) mass is 135 g/mol. The highest BCUT2D eigenvalue weighted by Gasteiger charge is 2.29. The van der Waals surface area contributed by atoms with E-state index >= 15 is 0 Å². The van der Waals surface area contributed by atoms with E-state index < -0.39 is 0 Å². The molecule has 0 aromatic heterocycles. The van der Waals surface area contributed by atoms with Crippen molar-refractivity contribution in [2.45, 2.75) is 18.9 Å². The smallest absolute Gasteiger partial charge is 0.0466 e. The first-order valence-electron chi connectivity index (χ1n) is 3.97. The van der Waals surface area contributed by atoms with Crippen LogP contribution in [0.5, 0.6) is 0 Å². The second-order valence-corrected chi connectivity index (χ2v) is 3.10. The minimum atomic E-state index is 0.493. The first kappa shape index (κ1) is 6.17. The molecule has 54 valence electrons. The van der Waals surface area contributed by atoms with Crippen molar-refractivity contribution in [1.82, 2.24) is 5.32 Å². The zero-order valence-corrected chi connectivity index (χ0v) is 6.14. The van der Waals surface area contributed by atoms with E-state index in [2.05, 4.69) is 18.0 Å². The molecule has 1 aliphatic carbocycles. The van der Waals surface area contributed by atoms with E-state index in [0.717, 1.165) is 5.92 Å². The van der Waals surface area contributed by atoms with E-state index in [1.807, 2.05) is 6.08 Å². The van der Waals surface area contributed by atoms with Gasteiger partial charge in [-0.25, -0.2) is 0 Å². The summed E-state index contributed by atoms with van der Waals surface area (Å²) < 4.78 is 0. The topological polar surface area (TPSA) is 12.0 Å². The fourth-order valence-corrected chi connectivity index (χ4v) is 1.99. The van der Waals surface area contributed by atoms with Crippen LogP contribution in [-0.4, -0.2) is 12.6 Å². The van der Waals surface area contributed by atoms with Crippen molar-refractivity contribution in [3.63, 3.8) is 0 Å². The Bertz CT molecular complexity index is 181. The number of rotatable bonds is 1. The maximum Gasteiger partial charge on any atom is 0.0466 e. The Morgan fingerprint density at radius 2 is 2.60 bits per heavy atom. The van der Waals surface area contributed by atoms with Crippen molar-refractivity contribution in [2.24, 2.45) is 5.92 Å². The highest BCUT2D eigenvalue weighted by molar-refractivity contribution is 5.28. The zero-order valence-electron chi connectivity index (χ0n) is 6.14. The van der Waals surface area contributed by atoms with Crippen LogP contribution in [0, 0.1) is 5.92 Å². The van der Waals surface area contributed by atoms with Gasteiger partial charge in [-0.05, 0) is 24.3 Å². The second-order valence-electron chi connectivity index (χ2n) is 3.10. The van der Waals surface area contributed by atoms with E-state index in [4.69, 9.17) is 0 Å². The molecular weight excluding hydrogens is 122 g/mol. The Morgan fingerprint density at radius 1 is 1.70 bits per heavy atom. The van der Waals surface area contributed by atoms with Gasteiger partial charge >= 0.3 is 0 Å². The third-order valence-corrected chi connectivity index (χ3v) is 2.55. The van der Waals surface area contributed by atoms with Crippen molar-refractivity contribution >= 4 is 0 Å². The van der Waals surface area contributed by atoms with Gasteiger partial charge in [-0.3, -0.25) is 0 Å². The normalized spacial score (nSPS) is 37.4. The average molecular weight is 135 g/mol. The summed E-state index contributed by atoms with van der Waals surface area (Å²) in [5, 5.41) is 3.42. The molecule has 1 saturated heterocycles. The average Bonchev–Trinajstić information content (AvgIpc) is 2.44. The van der Waals surface area contributed by atoms with Crippen LogP contribution < -0.4 is 5.32 Å². The summed E-state index contributed by atoms with van der Waals surface area (Å²) in [7, 11) is 0. The maximum atomic E-state index is 3.80. The predicted molar refractivity (Wildman–Crippen MR) is 42.8 cm³/mol. The minimum Gasteiger partial charge on any atom is -0.306 e. The molecule has 1 heteroatoms. The van der Waals surface area contributed by atoms with Gasteiger partial charge < -0.3 is 5.32 Å². The molecule has 0 spiro atoms. The first-order chi connectivity index (χ1) is 4.92. The molecule has 0 amide bonds. The van der Waals surface area contributed by atoms with Gasteiger partial charge in [0.25, 0.3) is 0 Å². The van der Waals surface area contributed by atoms with E-state index in [0.29, 0.717) is 6.04 Å². The van der Waals surface area contributed by atoms with Gasteiger partial charge in [0.2, 0.25) is 0 Å². The standard InChI is InChI=1S/C9H13N/c1-2-9-8-5-3-4-7(8)6-10-9/h2,5,7,9-10H,1,3-4,6H2. The van der Waals surface area contributed by atoms with Crippen LogP contribution in [0.4, 0.5) is 0 Å². The molecule has 2 rings (SSSR count). The van der Waals surface area contributed by atoms with Crippen molar-refractivity contribution in [3.05, 3.63) is 24.3 Å². The second kappa shape index (κ2) is 2.24. The predicted octanol–water partition coefficient (Wildman–Crippen LogP) is 1.48. The van der Waals surface area contributed by atoms with Crippen LogP contribution in [0.2, 0.25) is 0 Å². The van der Waals surface area contributed by atoms with Crippen molar-refractivity contribution in [3.8, 4) is 0 Å². The number of nitrogens with one attached hydrogen (secondary N) is 1. The molecule has 2 atom stereocenters. The number of allylic oxidation sites excluding steroid dienone is 1. The Kier molecular flexibility index (Phi) is 1.38. The summed E-state index contributed by atoms with van der Waals surface area (Å²) >= 11 is 0. The van der Waals surface area contributed by atoms with Gasteiger partial charge in [0, 0.05) is 12.6 Å². The molecular formula is C9H13N. The number of fused-ring (bicyclic) bond motifs is 1. The van der Waals surface area contributed by atoms with Crippen LogP contribution in [0.15, 0.2) is 24.3 Å². The lowest BCUT2D eigenvalue weighted by Crippen LogP contribution is -2.19. The Hall–Kier alpha value is -0.560. The van der Waals surface area contributed by atoms with Crippen molar-refractivity contribution in [1.29, 1.82) is 0 Å². The van der Waals surface area contributed by atoms with Gasteiger partial charge in [0.15, 0.2) is 0 Å². The zero-order chi connectivity index (χ0) is 6.97. The van der Waals surface area contributed by atoms with E-state index in [1.54, 1.807) is 5.57 Å². The highest BCUT2D eigenvalue weighted by atomic mass is 15.0. The lowest BCUT2D eigenvalue weighted by molar-refractivity contribution is 0.628. The quantitative estimate of drug-likeness (QED) is 0.537. The first-order valence-corrected chi connectivity index (χ1v) is 3.97. The van der Waals surface area contributed by atoms with Gasteiger partial charge in [0.1, 0.15) is 0 Å². The summed E-state index contributed by atoms with van der Waals surface area (Å²) in [4.78, 5) is 0. The molecule has 1 fully saturated rings. The molecule has 0 bridgehead atoms. The molecule has 0 aromatic carbocycles. The number of hydrogen-bond acceptors (Lipinski definition) is 1. The van der Waals surface area contributed by atoms with Crippen molar-refractivity contribution in [2.75, 3.05) is 6.54 Å². The lowest BCUT2D eigenvalue weighted by atomic mass is 10.0. The van der Waals surface area contributed by atoms with E-state index in [-0.39, 0.29) is 0 Å². The molecule has 1 aliphatic heterocycles. The van der Waals surface area contributed by atoms with Crippen LogP contribution >= 0.6 is 0 Å². The minimum absolute atomic E-state index is 0.493. The van der Waals surface area contributed by atoms with Crippen LogP contribution in [0.25, 0.3) is 0 Å². The van der Waals surface area contributed by atoms with Crippen LogP contribution in [0.1, 0.15) is 12.8 Å². The fraction of sp³-hybridized carbons (Fsp3) is 0.556. The molecule has 0 radical (unpaired) electrons. The lowest BCUT2D eigenvalue weighted by Gasteiger charge is -2.04. The van der Waals surface area contributed by atoms with Gasteiger partial charge in [0.05, 0.1) is 0 Å². The third kappa shape index (κ3) is 0.739. The summed E-state index contributed by atoms with van der Waals surface area (Å²) in [6.07, 6.45) is 7.02. The van der Waals surface area contributed by atoms with E-state index in [9.17, 15) is 0 Å². The summed E-state index contributed by atoms with van der Waals surface area (Å²) in [6.45, 7) is 4.97. The van der Waals surface area contributed by atoms with E-state index in [1.165, 1.54) is 19.4 Å². The summed E-state index contributed by atoms with van der Waals surface area (Å²) in [5.41, 5.74) is 1.59.